The molecule has 0 unspecified atom stereocenters. The maximum atomic E-state index is 12.2. The summed E-state index contributed by atoms with van der Waals surface area (Å²) < 4.78 is 27.2. The van der Waals surface area contributed by atoms with Gasteiger partial charge in [-0.25, -0.2) is 13.1 Å². The van der Waals surface area contributed by atoms with Crippen molar-refractivity contribution in [3.63, 3.8) is 0 Å². The van der Waals surface area contributed by atoms with E-state index < -0.39 is 22.2 Å². The Bertz CT molecular complexity index is 680. The maximum Gasteiger partial charge on any atom is 0.250 e. The molecule has 19 heavy (non-hydrogen) atoms. The van der Waals surface area contributed by atoms with Crippen LogP contribution in [-0.4, -0.2) is 19.6 Å². The van der Waals surface area contributed by atoms with Gasteiger partial charge in [0.2, 0.25) is 0 Å². The van der Waals surface area contributed by atoms with Crippen molar-refractivity contribution < 1.29 is 13.5 Å². The highest BCUT2D eigenvalue weighted by Crippen LogP contribution is 2.32. The molecule has 1 aromatic heterocycles. The molecule has 0 bridgehead atoms. The van der Waals surface area contributed by atoms with E-state index in [1.165, 1.54) is 0 Å². The quantitative estimate of drug-likeness (QED) is 0.905. The van der Waals surface area contributed by atoms with Crippen molar-refractivity contribution in [2.45, 2.75) is 22.8 Å². The first kappa shape index (κ1) is 12.8. The minimum Gasteiger partial charge on any atom is -0.391 e. The second-order valence-electron chi connectivity index (χ2n) is 4.50. The fraction of sp³-hybridized carbons (Fsp3) is 0.231. The van der Waals surface area contributed by atoms with E-state index in [0.717, 1.165) is 22.5 Å². The third-order valence-corrected chi connectivity index (χ3v) is 6.08. The van der Waals surface area contributed by atoms with Gasteiger partial charge in [0.05, 0.1) is 12.1 Å². The van der Waals surface area contributed by atoms with Gasteiger partial charge in [-0.05, 0) is 22.6 Å². The molecule has 1 aliphatic carbocycles. The smallest absolute Gasteiger partial charge is 0.250 e. The van der Waals surface area contributed by atoms with Crippen LogP contribution >= 0.6 is 11.3 Å². The molecule has 1 aromatic carbocycles. The maximum absolute atomic E-state index is 12.2. The first-order valence-electron chi connectivity index (χ1n) is 5.89. The second kappa shape index (κ2) is 4.72. The highest BCUT2D eigenvalue weighted by atomic mass is 32.2. The predicted octanol–water partition coefficient (Wildman–Crippen LogP) is 1.68. The molecule has 100 valence electrons. The zero-order valence-corrected chi connectivity index (χ0v) is 11.6. The summed E-state index contributed by atoms with van der Waals surface area (Å²) >= 11 is 1.16. The van der Waals surface area contributed by atoms with Gasteiger partial charge in [-0.15, -0.1) is 11.3 Å². The summed E-state index contributed by atoms with van der Waals surface area (Å²) in [5.74, 6) is 0. The van der Waals surface area contributed by atoms with Gasteiger partial charge in [0.1, 0.15) is 4.21 Å². The molecule has 0 radical (unpaired) electrons. The fourth-order valence-corrected chi connectivity index (χ4v) is 4.62. The van der Waals surface area contributed by atoms with Gasteiger partial charge < -0.3 is 5.11 Å². The normalized spacial score (nSPS) is 22.4. The van der Waals surface area contributed by atoms with E-state index in [1.54, 1.807) is 17.5 Å². The van der Waals surface area contributed by atoms with Crippen molar-refractivity contribution in [3.05, 3.63) is 52.9 Å². The zero-order chi connectivity index (χ0) is 13.5. The van der Waals surface area contributed by atoms with Crippen LogP contribution in [0.5, 0.6) is 0 Å². The molecule has 3 rings (SSSR count). The fourth-order valence-electron chi connectivity index (χ4n) is 2.36. The van der Waals surface area contributed by atoms with Crippen LogP contribution in [0, 0.1) is 0 Å². The highest BCUT2D eigenvalue weighted by Gasteiger charge is 2.34. The molecule has 2 aromatic rings. The van der Waals surface area contributed by atoms with Gasteiger partial charge in [0.15, 0.2) is 0 Å². The van der Waals surface area contributed by atoms with E-state index in [4.69, 9.17) is 0 Å². The number of aliphatic hydroxyl groups is 1. The number of aliphatic hydroxyl groups excluding tert-OH is 1. The van der Waals surface area contributed by atoms with Gasteiger partial charge >= 0.3 is 0 Å². The average Bonchev–Trinajstić information content (AvgIpc) is 2.99. The lowest BCUT2D eigenvalue weighted by Crippen LogP contribution is -2.33. The first-order valence-corrected chi connectivity index (χ1v) is 8.26. The molecule has 0 aliphatic heterocycles. The summed E-state index contributed by atoms with van der Waals surface area (Å²) in [5.41, 5.74) is 1.85. The third kappa shape index (κ3) is 2.32. The Hall–Kier alpha value is -1.21. The first-order chi connectivity index (χ1) is 9.08. The number of rotatable bonds is 3. The van der Waals surface area contributed by atoms with Crippen molar-refractivity contribution in [1.82, 2.24) is 4.72 Å². The van der Waals surface area contributed by atoms with Gasteiger partial charge in [0, 0.05) is 6.42 Å². The van der Waals surface area contributed by atoms with Crippen molar-refractivity contribution >= 4 is 21.4 Å². The molecular weight excluding hydrogens is 282 g/mol. The van der Waals surface area contributed by atoms with E-state index in [2.05, 4.69) is 4.72 Å². The molecule has 6 heteroatoms. The number of sulfonamides is 1. The van der Waals surface area contributed by atoms with Gasteiger partial charge in [-0.2, -0.15) is 0 Å². The van der Waals surface area contributed by atoms with E-state index in [9.17, 15) is 13.5 Å². The molecule has 2 atom stereocenters. The number of thiophene rings is 1. The van der Waals surface area contributed by atoms with Gasteiger partial charge in [0.25, 0.3) is 10.0 Å². The summed E-state index contributed by atoms with van der Waals surface area (Å²) in [7, 11) is -3.57. The minimum absolute atomic E-state index is 0.268. The Morgan fingerprint density at radius 2 is 2.00 bits per heavy atom. The summed E-state index contributed by atoms with van der Waals surface area (Å²) in [4.78, 5) is 0. The number of benzene rings is 1. The lowest BCUT2D eigenvalue weighted by atomic mass is 10.1. The van der Waals surface area contributed by atoms with Crippen LogP contribution in [0.25, 0.3) is 0 Å². The minimum atomic E-state index is -3.57. The average molecular weight is 295 g/mol. The van der Waals surface area contributed by atoms with Gasteiger partial charge in [-0.1, -0.05) is 30.3 Å². The largest absolute Gasteiger partial charge is 0.391 e. The molecule has 4 nitrogen and oxygen atoms in total. The van der Waals surface area contributed by atoms with Crippen LogP contribution in [0.1, 0.15) is 17.2 Å². The molecule has 0 saturated heterocycles. The number of hydrogen-bond donors (Lipinski definition) is 2. The van der Waals surface area contributed by atoms with Crippen molar-refractivity contribution in [3.8, 4) is 0 Å². The van der Waals surface area contributed by atoms with Crippen molar-refractivity contribution in [2.24, 2.45) is 0 Å². The Kier molecular flexibility index (Phi) is 3.18. The van der Waals surface area contributed by atoms with Crippen LogP contribution in [-0.2, 0) is 16.4 Å². The topological polar surface area (TPSA) is 66.4 Å². The van der Waals surface area contributed by atoms with E-state index >= 15 is 0 Å². The molecular formula is C13H13NO3S2. The Balaban J connectivity index is 1.92. The van der Waals surface area contributed by atoms with Crippen LogP contribution < -0.4 is 4.72 Å². The monoisotopic (exact) mass is 295 g/mol. The molecule has 0 saturated carbocycles. The zero-order valence-electron chi connectivity index (χ0n) is 9.98. The Morgan fingerprint density at radius 3 is 2.74 bits per heavy atom. The molecule has 0 fully saturated rings. The third-order valence-electron chi connectivity index (χ3n) is 3.25. The summed E-state index contributed by atoms with van der Waals surface area (Å²) in [6.07, 6.45) is -0.236. The standard InChI is InChI=1S/C13H13NO3S2/c15-11-8-9-4-1-2-5-10(9)13(11)14-19(16,17)12-6-3-7-18-12/h1-7,11,13-15H,8H2/t11-,13+/m1/s1. The molecule has 2 N–H and O–H groups in total. The Labute approximate surface area is 115 Å². The second-order valence-corrected chi connectivity index (χ2v) is 7.39. The van der Waals surface area contributed by atoms with Crippen LogP contribution in [0.3, 0.4) is 0 Å². The van der Waals surface area contributed by atoms with Crippen LogP contribution in [0.2, 0.25) is 0 Å². The number of nitrogens with one attached hydrogen (secondary N) is 1. The van der Waals surface area contributed by atoms with Crippen LogP contribution in [0.4, 0.5) is 0 Å². The number of fused-ring (bicyclic) bond motifs is 1. The number of hydrogen-bond acceptors (Lipinski definition) is 4. The van der Waals surface area contributed by atoms with Crippen LogP contribution in [0.15, 0.2) is 46.0 Å². The van der Waals surface area contributed by atoms with Crippen molar-refractivity contribution in [1.29, 1.82) is 0 Å². The summed E-state index contributed by atoms with van der Waals surface area (Å²) in [6, 6.07) is 10.2. The molecule has 1 heterocycles. The predicted molar refractivity (Wildman–Crippen MR) is 73.5 cm³/mol. The molecule has 0 spiro atoms. The Morgan fingerprint density at radius 1 is 1.21 bits per heavy atom. The summed E-state index contributed by atoms with van der Waals surface area (Å²) in [6.45, 7) is 0. The lowest BCUT2D eigenvalue weighted by molar-refractivity contribution is 0.151. The van der Waals surface area contributed by atoms with Gasteiger partial charge in [-0.3, -0.25) is 0 Å². The highest BCUT2D eigenvalue weighted by molar-refractivity contribution is 7.91. The molecule has 0 amide bonds. The lowest BCUT2D eigenvalue weighted by Gasteiger charge is -2.17. The summed E-state index contributed by atoms with van der Waals surface area (Å²) in [5, 5.41) is 11.8. The van der Waals surface area contributed by atoms with E-state index in [-0.39, 0.29) is 4.21 Å². The van der Waals surface area contributed by atoms with Crippen molar-refractivity contribution in [2.75, 3.05) is 0 Å². The SMILES string of the molecule is O=S(=O)(N[C@H]1c2ccccc2C[C@H]1O)c1cccs1. The van der Waals surface area contributed by atoms with E-state index in [0.29, 0.717) is 6.42 Å². The van der Waals surface area contributed by atoms with E-state index in [1.807, 2.05) is 24.3 Å². The molecule has 1 aliphatic rings.